The predicted octanol–water partition coefficient (Wildman–Crippen LogP) is 9.25. The van der Waals surface area contributed by atoms with Gasteiger partial charge in [0.15, 0.2) is 5.78 Å². The Bertz CT molecular complexity index is 1080. The van der Waals surface area contributed by atoms with Crippen LogP contribution in [0.15, 0.2) is 23.2 Å². The summed E-state index contributed by atoms with van der Waals surface area (Å²) in [6, 6.07) is -0.152. The van der Waals surface area contributed by atoms with E-state index in [0.717, 1.165) is 80.6 Å². The molecule has 0 aromatic rings. The number of fused-ring (bicyclic) bond motifs is 6. The van der Waals surface area contributed by atoms with E-state index in [9.17, 15) is 9.90 Å². The minimum absolute atomic E-state index is 0. The van der Waals surface area contributed by atoms with Gasteiger partial charge in [0.1, 0.15) is 6.23 Å². The molecule has 0 amide bonds. The molecule has 0 spiro atoms. The molecule has 4 heterocycles. The first-order valence-corrected chi connectivity index (χ1v) is 18.3. The van der Waals surface area contributed by atoms with E-state index in [-0.39, 0.29) is 55.8 Å². The number of thioether (sulfide) groups is 1. The minimum Gasteiger partial charge on any atom is -0.646 e. The Kier molecular flexibility index (Phi) is 11.9. The first-order chi connectivity index (χ1) is 21.6. The van der Waals surface area contributed by atoms with Crippen LogP contribution in [-0.4, -0.2) is 39.8 Å². The van der Waals surface area contributed by atoms with E-state index in [1.165, 1.54) is 43.8 Å². The number of rotatable bonds is 8. The standard InChI is InChI=1S/C23H34N2OS.C13H24O2.Ir/c1-13-9-10-16-15-6-4-7-18(21(15)26-22(16)24-13)19-12-11-17-14-5-2-3-8-20(14)27-23(17)25-19;1-5-10(6-2)12(14)9-13(15)11(7-3)8-4;/h7,13-17,19-20,22-24H,2-6,8-12H2,1H3;9-11,14H,5-8H2,1-4H3;/q-2;;/b;12-9-;/t13?,14-,15+,16?,17+,19-,20-,22?,23?;;/m1../s1/i1D3;;. The van der Waals surface area contributed by atoms with Crippen LogP contribution in [-0.2, 0) is 29.6 Å². The van der Waals surface area contributed by atoms with Crippen molar-refractivity contribution in [2.24, 2.45) is 35.5 Å². The third kappa shape index (κ3) is 7.92. The molecule has 2 aliphatic carbocycles. The van der Waals surface area contributed by atoms with Crippen molar-refractivity contribution in [1.29, 1.82) is 0 Å². The second kappa shape index (κ2) is 16.4. The van der Waals surface area contributed by atoms with Crippen molar-refractivity contribution in [3.8, 4) is 0 Å². The molecule has 5 fully saturated rings. The maximum absolute atomic E-state index is 11.7. The predicted molar refractivity (Wildman–Crippen MR) is 175 cm³/mol. The summed E-state index contributed by atoms with van der Waals surface area (Å²) in [5.41, 5.74) is 1.35. The monoisotopic (exact) mass is 794 g/mol. The molecule has 4 saturated heterocycles. The number of ether oxygens (including phenoxy) is 1. The number of allylic oxidation sites excluding steroid dienone is 3. The molecule has 6 rings (SSSR count). The fourth-order valence-electron chi connectivity index (χ4n) is 8.71. The summed E-state index contributed by atoms with van der Waals surface area (Å²) >= 11 is 2.18. The minimum atomic E-state index is -1.95. The fourth-order valence-corrected chi connectivity index (χ4v) is 10.7. The van der Waals surface area contributed by atoms with Gasteiger partial charge in [-0.3, -0.25) is 10.1 Å². The topological polar surface area (TPSA) is 72.7 Å². The van der Waals surface area contributed by atoms with Crippen LogP contribution in [0.4, 0.5) is 0 Å². The van der Waals surface area contributed by atoms with Crippen molar-refractivity contribution in [3.63, 3.8) is 0 Å². The largest absolute Gasteiger partial charge is 0.646 e. The van der Waals surface area contributed by atoms with Gasteiger partial charge in [-0.25, -0.2) is 6.42 Å². The Morgan fingerprint density at radius 2 is 1.74 bits per heavy atom. The molecule has 4 aliphatic heterocycles. The normalized spacial score (nSPS) is 38.0. The molecule has 0 bridgehead atoms. The maximum atomic E-state index is 11.7. The second-order valence-corrected chi connectivity index (χ2v) is 15.0. The van der Waals surface area contributed by atoms with Crippen LogP contribution in [0.1, 0.15) is 129 Å². The molecule has 5 nitrogen and oxygen atoms in total. The summed E-state index contributed by atoms with van der Waals surface area (Å²) in [5.74, 6) is 4.28. The van der Waals surface area contributed by atoms with Gasteiger partial charge < -0.3 is 15.2 Å². The summed E-state index contributed by atoms with van der Waals surface area (Å²) in [6.07, 6.45) is 19.2. The number of aliphatic hydroxyl groups excluding tert-OH is 1. The van der Waals surface area contributed by atoms with Crippen LogP contribution in [0.25, 0.3) is 5.32 Å². The molecular weight excluding hydrogens is 733 g/mol. The third-order valence-electron chi connectivity index (χ3n) is 11.3. The summed E-state index contributed by atoms with van der Waals surface area (Å²) in [4.78, 5) is 11.7. The summed E-state index contributed by atoms with van der Waals surface area (Å²) in [7, 11) is 0. The van der Waals surface area contributed by atoms with Crippen molar-refractivity contribution in [2.45, 2.75) is 153 Å². The molecule has 1 radical (unpaired) electrons. The number of hydrogen-bond donors (Lipinski definition) is 2. The van der Waals surface area contributed by atoms with E-state index in [1.54, 1.807) is 0 Å². The van der Waals surface area contributed by atoms with Crippen LogP contribution in [0.5, 0.6) is 0 Å². The SMILES string of the molecule is CCC(CC)C(=O)/C=C(\O)C(CC)CC.[2H]C([2H])([2H])C1CCC2C(N1)OC1=C([C@H]3CC[C@@H]4C([N-]3)S[C@@H]3CCCC[C@H]43)[CH-]CC[C@H]12.[Ir]. The Labute approximate surface area is 284 Å². The molecule has 247 valence electrons. The number of nitrogens with zero attached hydrogens (tertiary/aromatic N) is 1. The van der Waals surface area contributed by atoms with Gasteiger partial charge in [-0.05, 0) is 81.7 Å². The van der Waals surface area contributed by atoms with Gasteiger partial charge in [0.2, 0.25) is 0 Å². The Hall–Kier alpha value is -0.461. The summed E-state index contributed by atoms with van der Waals surface area (Å²) < 4.78 is 29.9. The van der Waals surface area contributed by atoms with Gasteiger partial charge in [-0.1, -0.05) is 65.2 Å². The molecule has 9 atom stereocenters. The van der Waals surface area contributed by atoms with Gasteiger partial charge in [-0.2, -0.15) is 17.3 Å². The van der Waals surface area contributed by atoms with E-state index in [1.807, 2.05) is 27.7 Å². The van der Waals surface area contributed by atoms with Crippen molar-refractivity contribution in [1.82, 2.24) is 5.32 Å². The molecular formula is C36H58IrN2O3S-2. The maximum Gasteiger partial charge on any atom is 0.162 e. The summed E-state index contributed by atoms with van der Waals surface area (Å²) in [5, 5.41) is 19.8. The van der Waals surface area contributed by atoms with Crippen LogP contribution in [0, 0.1) is 41.9 Å². The Morgan fingerprint density at radius 1 is 1.02 bits per heavy atom. The summed E-state index contributed by atoms with van der Waals surface area (Å²) in [6.45, 7) is 6.12. The van der Waals surface area contributed by atoms with Crippen molar-refractivity contribution in [2.75, 3.05) is 0 Å². The molecule has 1 saturated carbocycles. The van der Waals surface area contributed by atoms with Crippen LogP contribution in [0.2, 0.25) is 0 Å². The molecule has 43 heavy (non-hydrogen) atoms. The zero-order chi connectivity index (χ0) is 32.3. The van der Waals surface area contributed by atoms with Gasteiger partial charge in [0.25, 0.3) is 0 Å². The van der Waals surface area contributed by atoms with E-state index < -0.39 is 12.9 Å². The average Bonchev–Trinajstić information content (AvgIpc) is 3.59. The quantitative estimate of drug-likeness (QED) is 0.146. The number of ketones is 1. The number of nitrogens with one attached hydrogen (secondary N) is 1. The van der Waals surface area contributed by atoms with Crippen molar-refractivity contribution < 1.29 is 38.9 Å². The van der Waals surface area contributed by atoms with E-state index in [4.69, 9.17) is 14.2 Å². The fraction of sp³-hybridized carbons (Fsp3) is 0.833. The molecule has 4 unspecified atom stereocenters. The average molecular weight is 794 g/mol. The Morgan fingerprint density at radius 3 is 2.47 bits per heavy atom. The third-order valence-corrected chi connectivity index (χ3v) is 13.0. The van der Waals surface area contributed by atoms with Crippen LogP contribution >= 0.6 is 11.8 Å². The van der Waals surface area contributed by atoms with Gasteiger partial charge in [0.05, 0.1) is 5.76 Å². The zero-order valence-corrected chi connectivity index (χ0v) is 30.1. The van der Waals surface area contributed by atoms with E-state index >= 15 is 0 Å². The molecule has 2 N–H and O–H groups in total. The first kappa shape index (κ1) is 31.2. The van der Waals surface area contributed by atoms with Gasteiger partial charge >= 0.3 is 0 Å². The number of hydrogen-bond acceptors (Lipinski definition) is 5. The molecule has 0 aromatic heterocycles. The first-order valence-electron chi connectivity index (χ1n) is 18.9. The second-order valence-electron chi connectivity index (χ2n) is 13.6. The van der Waals surface area contributed by atoms with Crippen molar-refractivity contribution in [3.05, 3.63) is 34.9 Å². The van der Waals surface area contributed by atoms with E-state index in [2.05, 4.69) is 23.5 Å². The Balaban J connectivity index is 0.000000259. The van der Waals surface area contributed by atoms with Gasteiger partial charge in [-0.15, -0.1) is 12.5 Å². The van der Waals surface area contributed by atoms with E-state index in [0.29, 0.717) is 17.2 Å². The van der Waals surface area contributed by atoms with Crippen LogP contribution in [0.3, 0.4) is 0 Å². The van der Waals surface area contributed by atoms with Crippen LogP contribution < -0.4 is 5.32 Å². The number of carbonyl (C=O) groups excluding carboxylic acids is 1. The van der Waals surface area contributed by atoms with Gasteiger partial charge in [0, 0.05) is 59.3 Å². The zero-order valence-electron chi connectivity index (χ0n) is 29.9. The molecule has 7 heteroatoms. The number of carbonyl (C=O) groups is 1. The smallest absolute Gasteiger partial charge is 0.162 e. The number of piperidine rings is 2. The molecule has 6 aliphatic rings. The van der Waals surface area contributed by atoms with Crippen molar-refractivity contribution >= 4 is 17.5 Å². The number of aliphatic hydroxyl groups is 1. The molecule has 0 aromatic carbocycles.